The Morgan fingerprint density at radius 3 is 2.82 bits per heavy atom. The second kappa shape index (κ2) is 4.45. The van der Waals surface area contributed by atoms with Gasteiger partial charge in [0.2, 0.25) is 0 Å². The Balaban J connectivity index is 2.60. The van der Waals surface area contributed by atoms with Crippen LogP contribution in [-0.4, -0.2) is 18.1 Å². The van der Waals surface area contributed by atoms with Crippen molar-refractivity contribution in [2.24, 2.45) is 0 Å². The largest absolute Gasteiger partial charge is 0.469 e. The molecule has 88 valence electrons. The molecule has 0 aliphatic rings. The first-order valence-electron chi connectivity index (χ1n) is 4.91. The molecule has 0 fully saturated rings. The van der Waals surface area contributed by atoms with Crippen molar-refractivity contribution < 1.29 is 18.3 Å². The molecule has 0 saturated carbocycles. The predicted octanol–water partition coefficient (Wildman–Crippen LogP) is 2.23. The Morgan fingerprint density at radius 2 is 2.12 bits per heavy atom. The molecule has 0 spiro atoms. The van der Waals surface area contributed by atoms with Crippen LogP contribution in [0.4, 0.5) is 8.78 Å². The number of hydrogen-bond donors (Lipinski definition) is 0. The van der Waals surface area contributed by atoms with Gasteiger partial charge in [-0.15, -0.1) is 0 Å². The molecule has 1 heterocycles. The molecule has 17 heavy (non-hydrogen) atoms. The maximum absolute atomic E-state index is 13.5. The summed E-state index contributed by atoms with van der Waals surface area (Å²) in [5.74, 6) is -1.88. The number of hydrogen-bond acceptors (Lipinski definition) is 3. The van der Waals surface area contributed by atoms with Crippen LogP contribution in [0.15, 0.2) is 24.4 Å². The van der Waals surface area contributed by atoms with Crippen LogP contribution in [0.1, 0.15) is 5.69 Å². The Labute approximate surface area is 96.0 Å². The Kier molecular flexibility index (Phi) is 2.99. The fourth-order valence-electron chi connectivity index (χ4n) is 1.61. The lowest BCUT2D eigenvalue weighted by Gasteiger charge is -2.05. The highest BCUT2D eigenvalue weighted by atomic mass is 19.1. The number of halogens is 2. The molecule has 0 aliphatic heterocycles. The number of nitrogens with zero attached hydrogens (tertiary/aromatic N) is 1. The zero-order chi connectivity index (χ0) is 12.4. The summed E-state index contributed by atoms with van der Waals surface area (Å²) in [7, 11) is 1.24. The van der Waals surface area contributed by atoms with E-state index in [-0.39, 0.29) is 17.2 Å². The Morgan fingerprint density at radius 1 is 1.35 bits per heavy atom. The zero-order valence-corrected chi connectivity index (χ0v) is 9.04. The second-order valence-electron chi connectivity index (χ2n) is 3.49. The molecular formula is C12H9F2NO2. The summed E-state index contributed by atoms with van der Waals surface area (Å²) in [5, 5.41) is 0.524. The van der Waals surface area contributed by atoms with Gasteiger partial charge in [-0.3, -0.25) is 9.78 Å². The number of pyridine rings is 1. The molecule has 0 saturated heterocycles. The molecule has 1 aromatic carbocycles. The second-order valence-corrected chi connectivity index (χ2v) is 3.49. The van der Waals surface area contributed by atoms with Crippen molar-refractivity contribution in [2.75, 3.05) is 7.11 Å². The number of esters is 1. The molecule has 2 rings (SSSR count). The molecule has 3 nitrogen and oxygen atoms in total. The summed E-state index contributed by atoms with van der Waals surface area (Å²) < 4.78 is 31.1. The molecular weight excluding hydrogens is 228 g/mol. The van der Waals surface area contributed by atoms with Crippen LogP contribution in [0.5, 0.6) is 0 Å². The van der Waals surface area contributed by atoms with Crippen LogP contribution in [0.3, 0.4) is 0 Å². The maximum atomic E-state index is 13.5. The van der Waals surface area contributed by atoms with Gasteiger partial charge in [-0.25, -0.2) is 8.78 Å². The van der Waals surface area contributed by atoms with Crippen molar-refractivity contribution in [3.63, 3.8) is 0 Å². The molecule has 0 N–H and O–H groups in total. The van der Waals surface area contributed by atoms with Crippen LogP contribution in [-0.2, 0) is 16.0 Å². The van der Waals surface area contributed by atoms with Gasteiger partial charge in [0.15, 0.2) is 0 Å². The lowest BCUT2D eigenvalue weighted by molar-refractivity contribution is -0.139. The van der Waals surface area contributed by atoms with Gasteiger partial charge >= 0.3 is 5.97 Å². The SMILES string of the molecule is COC(=O)Cc1nccc2c(F)cc(F)cc12. The number of benzene rings is 1. The van der Waals surface area contributed by atoms with E-state index in [2.05, 4.69) is 9.72 Å². The van der Waals surface area contributed by atoms with Crippen molar-refractivity contribution in [2.45, 2.75) is 6.42 Å². The number of rotatable bonds is 2. The van der Waals surface area contributed by atoms with Gasteiger partial charge in [-0.2, -0.15) is 0 Å². The van der Waals surface area contributed by atoms with E-state index in [1.807, 2.05) is 0 Å². The minimum absolute atomic E-state index is 0.114. The average Bonchev–Trinajstić information content (AvgIpc) is 2.30. The number of carbonyl (C=O) groups excluding carboxylic acids is 1. The summed E-state index contributed by atoms with van der Waals surface area (Å²) in [4.78, 5) is 15.1. The number of ether oxygens (including phenoxy) is 1. The van der Waals surface area contributed by atoms with E-state index in [0.717, 1.165) is 12.1 Å². The third-order valence-electron chi connectivity index (χ3n) is 2.42. The number of carbonyl (C=O) groups is 1. The highest BCUT2D eigenvalue weighted by Crippen LogP contribution is 2.22. The van der Waals surface area contributed by atoms with Gasteiger partial charge in [-0.05, 0) is 12.1 Å². The molecule has 2 aromatic rings. The highest BCUT2D eigenvalue weighted by molar-refractivity contribution is 5.88. The van der Waals surface area contributed by atoms with Crippen molar-refractivity contribution >= 4 is 16.7 Å². The van der Waals surface area contributed by atoms with E-state index in [1.165, 1.54) is 19.4 Å². The van der Waals surface area contributed by atoms with Gasteiger partial charge in [0.05, 0.1) is 19.2 Å². The number of aromatic nitrogens is 1. The van der Waals surface area contributed by atoms with Gasteiger partial charge in [0, 0.05) is 23.0 Å². The maximum Gasteiger partial charge on any atom is 0.311 e. The lowest BCUT2D eigenvalue weighted by atomic mass is 10.1. The van der Waals surface area contributed by atoms with E-state index in [0.29, 0.717) is 5.69 Å². The molecule has 0 aliphatic carbocycles. The molecule has 0 unspecified atom stereocenters. The average molecular weight is 237 g/mol. The fraction of sp³-hybridized carbons (Fsp3) is 0.167. The monoisotopic (exact) mass is 237 g/mol. The van der Waals surface area contributed by atoms with Gasteiger partial charge in [-0.1, -0.05) is 0 Å². The van der Waals surface area contributed by atoms with E-state index >= 15 is 0 Å². The molecule has 0 atom stereocenters. The Hall–Kier alpha value is -2.04. The van der Waals surface area contributed by atoms with Gasteiger partial charge < -0.3 is 4.74 Å². The van der Waals surface area contributed by atoms with E-state index in [1.54, 1.807) is 0 Å². The molecule has 0 bridgehead atoms. The minimum atomic E-state index is -0.700. The molecule has 0 radical (unpaired) electrons. The van der Waals surface area contributed by atoms with Crippen molar-refractivity contribution in [3.05, 3.63) is 41.7 Å². The van der Waals surface area contributed by atoms with Crippen molar-refractivity contribution in [1.82, 2.24) is 4.98 Å². The van der Waals surface area contributed by atoms with Gasteiger partial charge in [0.1, 0.15) is 11.6 Å². The highest BCUT2D eigenvalue weighted by Gasteiger charge is 2.12. The first-order chi connectivity index (χ1) is 8.11. The fourth-order valence-corrected chi connectivity index (χ4v) is 1.61. The third-order valence-corrected chi connectivity index (χ3v) is 2.42. The van der Waals surface area contributed by atoms with Gasteiger partial charge in [0.25, 0.3) is 0 Å². The zero-order valence-electron chi connectivity index (χ0n) is 9.04. The normalized spacial score (nSPS) is 10.5. The summed E-state index contributed by atoms with van der Waals surface area (Å²) in [6.45, 7) is 0. The van der Waals surface area contributed by atoms with Crippen molar-refractivity contribution in [1.29, 1.82) is 0 Å². The molecule has 0 amide bonds. The van der Waals surface area contributed by atoms with Crippen LogP contribution in [0.2, 0.25) is 0 Å². The number of fused-ring (bicyclic) bond motifs is 1. The van der Waals surface area contributed by atoms with E-state index < -0.39 is 17.6 Å². The minimum Gasteiger partial charge on any atom is -0.469 e. The third kappa shape index (κ3) is 2.22. The summed E-state index contributed by atoms with van der Waals surface area (Å²) in [6.07, 6.45) is 1.26. The van der Waals surface area contributed by atoms with Crippen molar-refractivity contribution in [3.8, 4) is 0 Å². The topological polar surface area (TPSA) is 39.2 Å². The summed E-state index contributed by atoms with van der Waals surface area (Å²) >= 11 is 0. The first kappa shape index (κ1) is 11.4. The Bertz CT molecular complexity index is 584. The van der Waals surface area contributed by atoms with Crippen LogP contribution in [0, 0.1) is 11.6 Å². The standard InChI is InChI=1S/C12H9F2NO2/c1-17-12(16)6-11-9-4-7(13)5-10(14)8(9)2-3-15-11/h2-5H,6H2,1H3. The quantitative estimate of drug-likeness (QED) is 0.752. The van der Waals surface area contributed by atoms with Crippen LogP contribution >= 0.6 is 0 Å². The predicted molar refractivity (Wildman–Crippen MR) is 57.4 cm³/mol. The van der Waals surface area contributed by atoms with Crippen LogP contribution in [0.25, 0.3) is 10.8 Å². The molecule has 5 heteroatoms. The summed E-state index contributed by atoms with van der Waals surface area (Å²) in [6, 6.07) is 3.39. The summed E-state index contributed by atoms with van der Waals surface area (Å²) in [5.41, 5.74) is 0.299. The van der Waals surface area contributed by atoms with E-state index in [9.17, 15) is 13.6 Å². The van der Waals surface area contributed by atoms with E-state index in [4.69, 9.17) is 0 Å². The smallest absolute Gasteiger partial charge is 0.311 e. The lowest BCUT2D eigenvalue weighted by Crippen LogP contribution is -2.06. The first-order valence-corrected chi connectivity index (χ1v) is 4.91. The van der Waals surface area contributed by atoms with Crippen LogP contribution < -0.4 is 0 Å². The molecule has 1 aromatic heterocycles. The number of methoxy groups -OCH3 is 1.